The van der Waals surface area contributed by atoms with Gasteiger partial charge in [-0.25, -0.2) is 0 Å². The third-order valence-corrected chi connectivity index (χ3v) is 1.49. The van der Waals surface area contributed by atoms with E-state index in [4.69, 9.17) is 22.2 Å². The van der Waals surface area contributed by atoms with Crippen LogP contribution in [0.3, 0.4) is 0 Å². The van der Waals surface area contributed by atoms with Crippen LogP contribution in [-0.2, 0) is 0 Å². The Morgan fingerprint density at radius 3 is 1.00 bits per heavy atom. The SMILES string of the molecule is Cl[Si+2]Cl.[O-]c1ccccc1.[O-]c1ccccc1. The van der Waals surface area contributed by atoms with Gasteiger partial charge >= 0.3 is 30.3 Å². The molecule has 2 aromatic rings. The van der Waals surface area contributed by atoms with Crippen LogP contribution in [0.1, 0.15) is 0 Å². The second-order valence-electron chi connectivity index (χ2n) is 2.70. The number of para-hydroxylation sites is 2. The molecule has 0 saturated carbocycles. The Bertz CT molecular complexity index is 333. The molecule has 88 valence electrons. The van der Waals surface area contributed by atoms with E-state index in [-0.39, 0.29) is 19.6 Å². The maximum atomic E-state index is 10.3. The first kappa shape index (κ1) is 15.8. The molecule has 0 heterocycles. The van der Waals surface area contributed by atoms with Gasteiger partial charge in [-0.1, -0.05) is 60.7 Å². The predicted octanol–water partition coefficient (Wildman–Crippen LogP) is 2.52. The van der Waals surface area contributed by atoms with Crippen LogP contribution >= 0.6 is 22.2 Å². The van der Waals surface area contributed by atoms with Crippen molar-refractivity contribution in [3.05, 3.63) is 60.7 Å². The average Bonchev–Trinajstić information content (AvgIpc) is 2.33. The molecular formula is C12H10Cl2O2Si. The third kappa shape index (κ3) is 11.1. The Morgan fingerprint density at radius 1 is 0.647 bits per heavy atom. The molecule has 0 aliphatic rings. The monoisotopic (exact) mass is 284 g/mol. The highest BCUT2D eigenvalue weighted by Crippen LogP contribution is 1.98. The van der Waals surface area contributed by atoms with E-state index in [0.717, 1.165) is 0 Å². The lowest BCUT2D eigenvalue weighted by Gasteiger charge is -1.98. The largest absolute Gasteiger partial charge is 1.24 e. The van der Waals surface area contributed by atoms with Gasteiger partial charge in [-0.2, -0.15) is 0 Å². The zero-order chi connectivity index (χ0) is 12.9. The van der Waals surface area contributed by atoms with Crippen molar-refractivity contribution in [2.24, 2.45) is 0 Å². The molecule has 0 atom stereocenters. The molecule has 17 heavy (non-hydrogen) atoms. The molecule has 0 aliphatic heterocycles. The number of benzene rings is 2. The number of hydrogen-bond acceptors (Lipinski definition) is 2. The lowest BCUT2D eigenvalue weighted by Crippen LogP contribution is -1.85. The van der Waals surface area contributed by atoms with Crippen LogP contribution in [0.2, 0.25) is 0 Å². The van der Waals surface area contributed by atoms with Crippen LogP contribution in [0.15, 0.2) is 60.7 Å². The normalized spacial score (nSPS) is 7.65. The van der Waals surface area contributed by atoms with Crippen molar-refractivity contribution in [1.82, 2.24) is 0 Å². The van der Waals surface area contributed by atoms with Crippen molar-refractivity contribution >= 4 is 30.3 Å². The fraction of sp³-hybridized carbons (Fsp3) is 0. The van der Waals surface area contributed by atoms with Gasteiger partial charge in [0, 0.05) is 0 Å². The van der Waals surface area contributed by atoms with Crippen LogP contribution in [-0.4, -0.2) is 8.14 Å². The van der Waals surface area contributed by atoms with Gasteiger partial charge in [0.05, 0.1) is 0 Å². The van der Waals surface area contributed by atoms with E-state index < -0.39 is 0 Å². The van der Waals surface area contributed by atoms with Gasteiger partial charge in [-0.15, -0.1) is 11.5 Å². The summed E-state index contributed by atoms with van der Waals surface area (Å²) in [4.78, 5) is 0. The Hall–Kier alpha value is -1.16. The van der Waals surface area contributed by atoms with E-state index in [9.17, 15) is 10.2 Å². The van der Waals surface area contributed by atoms with Gasteiger partial charge in [-0.3, -0.25) is 0 Å². The molecule has 0 radical (unpaired) electrons. The summed E-state index contributed by atoms with van der Waals surface area (Å²) >= 11 is 9.58. The highest BCUT2D eigenvalue weighted by molar-refractivity contribution is 7.22. The van der Waals surface area contributed by atoms with Crippen molar-refractivity contribution in [3.63, 3.8) is 0 Å². The van der Waals surface area contributed by atoms with Crippen LogP contribution < -0.4 is 10.2 Å². The topological polar surface area (TPSA) is 46.1 Å². The smallest absolute Gasteiger partial charge is 0.872 e. The highest BCUT2D eigenvalue weighted by Gasteiger charge is 2.29. The van der Waals surface area contributed by atoms with Gasteiger partial charge < -0.3 is 10.2 Å². The van der Waals surface area contributed by atoms with Gasteiger partial charge in [0.25, 0.3) is 0 Å². The molecule has 2 nitrogen and oxygen atoms in total. The zero-order valence-electron chi connectivity index (χ0n) is 8.85. The van der Waals surface area contributed by atoms with Crippen LogP contribution in [0.4, 0.5) is 0 Å². The second-order valence-corrected chi connectivity index (χ2v) is 4.55. The van der Waals surface area contributed by atoms with Crippen molar-refractivity contribution in [2.75, 3.05) is 0 Å². The Morgan fingerprint density at radius 2 is 0.882 bits per heavy atom. The maximum absolute atomic E-state index is 10.3. The van der Waals surface area contributed by atoms with E-state index in [1.54, 1.807) is 24.3 Å². The Balaban J connectivity index is 0.000000247. The highest BCUT2D eigenvalue weighted by atomic mass is 35.7. The van der Waals surface area contributed by atoms with E-state index in [0.29, 0.717) is 0 Å². The molecular weight excluding hydrogens is 275 g/mol. The fourth-order valence-corrected chi connectivity index (χ4v) is 0.841. The number of halogens is 2. The number of hydrogen-bond donors (Lipinski definition) is 0. The second kappa shape index (κ2) is 11.3. The summed E-state index contributed by atoms with van der Waals surface area (Å²) in [6.45, 7) is 0. The quantitative estimate of drug-likeness (QED) is 0.551. The molecule has 2 rings (SSSR count). The summed E-state index contributed by atoms with van der Waals surface area (Å²) in [7, 11) is 0.0278. The minimum absolute atomic E-state index is 0.0278. The third-order valence-electron chi connectivity index (χ3n) is 1.49. The Kier molecular flexibility index (Phi) is 10.6. The van der Waals surface area contributed by atoms with Gasteiger partial charge in [0.1, 0.15) is 0 Å². The first-order valence-corrected chi connectivity index (χ1v) is 7.63. The molecule has 0 bridgehead atoms. The summed E-state index contributed by atoms with van der Waals surface area (Å²) in [5.74, 6) is 0.144. The molecule has 5 heteroatoms. The van der Waals surface area contributed by atoms with Crippen molar-refractivity contribution in [3.8, 4) is 11.5 Å². The van der Waals surface area contributed by atoms with Crippen LogP contribution in [0, 0.1) is 0 Å². The first-order valence-electron chi connectivity index (χ1n) is 4.61. The summed E-state index contributed by atoms with van der Waals surface area (Å²) in [6.07, 6.45) is 0. The lowest BCUT2D eigenvalue weighted by molar-refractivity contribution is -0.269. The summed E-state index contributed by atoms with van der Waals surface area (Å²) in [6, 6.07) is 16.7. The molecule has 0 N–H and O–H groups in total. The molecule has 0 amide bonds. The molecule has 0 fully saturated rings. The summed E-state index contributed by atoms with van der Waals surface area (Å²) in [5, 5.41) is 20.5. The van der Waals surface area contributed by atoms with Crippen LogP contribution in [0.25, 0.3) is 0 Å². The van der Waals surface area contributed by atoms with Gasteiger partial charge in [0.2, 0.25) is 0 Å². The lowest BCUT2D eigenvalue weighted by atomic mass is 10.3. The van der Waals surface area contributed by atoms with Crippen molar-refractivity contribution in [2.45, 2.75) is 0 Å². The zero-order valence-corrected chi connectivity index (χ0v) is 11.4. The van der Waals surface area contributed by atoms with E-state index in [2.05, 4.69) is 0 Å². The number of rotatable bonds is 0. The maximum Gasteiger partial charge on any atom is 1.24 e. The minimum atomic E-state index is 0.0278. The predicted molar refractivity (Wildman–Crippen MR) is 69.2 cm³/mol. The molecule has 0 aliphatic carbocycles. The average molecular weight is 285 g/mol. The van der Waals surface area contributed by atoms with E-state index in [1.807, 2.05) is 12.1 Å². The molecule has 0 saturated heterocycles. The Labute approximate surface area is 113 Å². The fourth-order valence-electron chi connectivity index (χ4n) is 0.841. The summed E-state index contributed by atoms with van der Waals surface area (Å²) < 4.78 is 0. The molecule has 2 aromatic carbocycles. The van der Waals surface area contributed by atoms with Crippen molar-refractivity contribution < 1.29 is 10.2 Å². The molecule has 0 unspecified atom stereocenters. The van der Waals surface area contributed by atoms with E-state index in [1.165, 1.54) is 24.3 Å². The van der Waals surface area contributed by atoms with E-state index >= 15 is 0 Å². The van der Waals surface area contributed by atoms with Crippen LogP contribution in [0.5, 0.6) is 11.5 Å². The summed E-state index contributed by atoms with van der Waals surface area (Å²) in [5.41, 5.74) is 0. The standard InChI is InChI=1S/2C6H6O.Cl2Si/c2*7-6-4-2-1-3-5-6;1-3-2/h2*1-5,7H;/q;;+2/p-2. The first-order chi connectivity index (χ1) is 8.20. The van der Waals surface area contributed by atoms with Gasteiger partial charge in [0.15, 0.2) is 0 Å². The molecule has 0 aromatic heterocycles. The minimum Gasteiger partial charge on any atom is -0.872 e. The van der Waals surface area contributed by atoms with Gasteiger partial charge in [-0.05, 0) is 0 Å². The van der Waals surface area contributed by atoms with Crippen molar-refractivity contribution in [1.29, 1.82) is 0 Å². The molecule has 0 spiro atoms.